The molecule has 3 rings (SSSR count). The van der Waals surface area contributed by atoms with Gasteiger partial charge in [-0.05, 0) is 37.1 Å². The van der Waals surface area contributed by atoms with Crippen LogP contribution in [0.3, 0.4) is 0 Å². The summed E-state index contributed by atoms with van der Waals surface area (Å²) in [6.07, 6.45) is 0.766. The first kappa shape index (κ1) is 18.1. The van der Waals surface area contributed by atoms with Crippen molar-refractivity contribution in [1.29, 1.82) is 0 Å². The first-order chi connectivity index (χ1) is 11.9. The van der Waals surface area contributed by atoms with E-state index in [-0.39, 0.29) is 32.6 Å². The lowest BCUT2D eigenvalue weighted by atomic mass is 10.1. The second-order valence-electron chi connectivity index (χ2n) is 5.74. The van der Waals surface area contributed by atoms with Gasteiger partial charge in [0, 0.05) is 11.7 Å². The minimum Gasteiger partial charge on any atom is -0.452 e. The molecule has 1 heterocycles. The second-order valence-corrected chi connectivity index (χ2v) is 6.93. The Balaban J connectivity index is 1.73. The highest BCUT2D eigenvalue weighted by molar-refractivity contribution is 6.46. The zero-order chi connectivity index (χ0) is 18.1. The minimum atomic E-state index is -0.786. The van der Waals surface area contributed by atoms with Gasteiger partial charge in [-0.15, -0.1) is 0 Å². The lowest BCUT2D eigenvalue weighted by molar-refractivity contribution is -0.122. The molecule has 0 spiro atoms. The van der Waals surface area contributed by atoms with Gasteiger partial charge in [0.25, 0.3) is 5.91 Å². The predicted octanol–water partition coefficient (Wildman–Crippen LogP) is 4.78. The van der Waals surface area contributed by atoms with Crippen LogP contribution < -0.4 is 4.90 Å². The fourth-order valence-electron chi connectivity index (χ4n) is 2.93. The molecule has 2 aromatic carbocycles. The Morgan fingerprint density at radius 1 is 1.12 bits per heavy atom. The first-order valence-electron chi connectivity index (χ1n) is 7.60. The largest absolute Gasteiger partial charge is 0.452 e. The maximum Gasteiger partial charge on any atom is 0.341 e. The molecule has 130 valence electrons. The van der Waals surface area contributed by atoms with E-state index in [0.717, 1.165) is 17.7 Å². The Labute approximate surface area is 160 Å². The molecule has 0 fully saturated rings. The summed E-state index contributed by atoms with van der Waals surface area (Å²) in [5.74, 6) is -1.09. The van der Waals surface area contributed by atoms with Gasteiger partial charge in [-0.25, -0.2) is 4.79 Å². The monoisotopic (exact) mass is 397 g/mol. The van der Waals surface area contributed by atoms with Crippen molar-refractivity contribution in [1.82, 2.24) is 0 Å². The standard InChI is InChI=1S/C18H14Cl3NO3/c1-10-8-11-4-2-3-5-14(11)22(10)15(23)9-25-18(24)16-12(19)6-7-13(20)17(16)21/h2-7,10H,8-9H2,1H3. The molecular formula is C18H14Cl3NO3. The van der Waals surface area contributed by atoms with Crippen LogP contribution in [0.2, 0.25) is 15.1 Å². The van der Waals surface area contributed by atoms with Gasteiger partial charge in [0.15, 0.2) is 6.61 Å². The zero-order valence-electron chi connectivity index (χ0n) is 13.3. The topological polar surface area (TPSA) is 46.6 Å². The maximum absolute atomic E-state index is 12.5. The molecule has 2 aromatic rings. The third-order valence-electron chi connectivity index (χ3n) is 4.05. The zero-order valence-corrected chi connectivity index (χ0v) is 15.5. The summed E-state index contributed by atoms with van der Waals surface area (Å²) in [6, 6.07) is 10.6. The molecule has 1 aliphatic rings. The average molecular weight is 399 g/mol. The summed E-state index contributed by atoms with van der Waals surface area (Å²) in [4.78, 5) is 26.5. The van der Waals surface area contributed by atoms with Gasteiger partial charge in [-0.2, -0.15) is 0 Å². The Morgan fingerprint density at radius 2 is 1.80 bits per heavy atom. The van der Waals surface area contributed by atoms with Crippen molar-refractivity contribution < 1.29 is 14.3 Å². The lowest BCUT2D eigenvalue weighted by Crippen LogP contribution is -2.38. The van der Waals surface area contributed by atoms with Crippen molar-refractivity contribution in [2.24, 2.45) is 0 Å². The normalized spacial score (nSPS) is 15.8. The highest BCUT2D eigenvalue weighted by Crippen LogP contribution is 2.33. The van der Waals surface area contributed by atoms with Crippen LogP contribution in [0.25, 0.3) is 0 Å². The predicted molar refractivity (Wildman–Crippen MR) is 98.8 cm³/mol. The van der Waals surface area contributed by atoms with Crippen LogP contribution in [0.5, 0.6) is 0 Å². The Hall–Kier alpha value is -1.75. The van der Waals surface area contributed by atoms with E-state index in [1.54, 1.807) is 4.90 Å². The van der Waals surface area contributed by atoms with E-state index in [1.807, 2.05) is 31.2 Å². The van der Waals surface area contributed by atoms with Gasteiger partial charge in [0.1, 0.15) is 0 Å². The van der Waals surface area contributed by atoms with Crippen LogP contribution in [0, 0.1) is 0 Å². The van der Waals surface area contributed by atoms with Gasteiger partial charge in [0.05, 0.1) is 20.6 Å². The Bertz CT molecular complexity index is 853. The fourth-order valence-corrected chi connectivity index (χ4v) is 3.61. The van der Waals surface area contributed by atoms with E-state index in [1.165, 1.54) is 12.1 Å². The number of carbonyl (C=O) groups is 2. The summed E-state index contributed by atoms with van der Waals surface area (Å²) in [6.45, 7) is 1.54. The molecule has 1 amide bonds. The van der Waals surface area contributed by atoms with Crippen LogP contribution >= 0.6 is 34.8 Å². The number of ether oxygens (including phenoxy) is 1. The van der Waals surface area contributed by atoms with Crippen molar-refractivity contribution in [3.05, 3.63) is 62.6 Å². The summed E-state index contributed by atoms with van der Waals surface area (Å²) >= 11 is 17.9. The molecule has 7 heteroatoms. The van der Waals surface area contributed by atoms with E-state index in [2.05, 4.69) is 0 Å². The minimum absolute atomic E-state index is 0.00180. The summed E-state index contributed by atoms with van der Waals surface area (Å²) in [7, 11) is 0. The van der Waals surface area contributed by atoms with E-state index in [4.69, 9.17) is 39.5 Å². The molecule has 0 aliphatic carbocycles. The number of esters is 1. The van der Waals surface area contributed by atoms with E-state index < -0.39 is 12.6 Å². The number of halogens is 3. The number of nitrogens with zero attached hydrogens (tertiary/aromatic N) is 1. The fraction of sp³-hybridized carbons (Fsp3) is 0.222. The lowest BCUT2D eigenvalue weighted by Gasteiger charge is -2.22. The molecule has 0 aromatic heterocycles. The van der Waals surface area contributed by atoms with Crippen LogP contribution in [0.15, 0.2) is 36.4 Å². The highest BCUT2D eigenvalue weighted by atomic mass is 35.5. The number of anilines is 1. The number of rotatable bonds is 3. The quantitative estimate of drug-likeness (QED) is 0.552. The van der Waals surface area contributed by atoms with Crippen molar-refractivity contribution in [2.75, 3.05) is 11.5 Å². The van der Waals surface area contributed by atoms with Crippen LogP contribution in [-0.4, -0.2) is 24.5 Å². The van der Waals surface area contributed by atoms with Crippen LogP contribution in [0.1, 0.15) is 22.8 Å². The molecule has 0 radical (unpaired) electrons. The number of hydrogen-bond acceptors (Lipinski definition) is 3. The van der Waals surface area contributed by atoms with Crippen molar-refractivity contribution in [2.45, 2.75) is 19.4 Å². The molecule has 0 N–H and O–H groups in total. The highest BCUT2D eigenvalue weighted by Gasteiger charge is 2.31. The summed E-state index contributed by atoms with van der Waals surface area (Å²) < 4.78 is 5.12. The van der Waals surface area contributed by atoms with Gasteiger partial charge in [-0.1, -0.05) is 53.0 Å². The van der Waals surface area contributed by atoms with Crippen molar-refractivity contribution >= 4 is 52.4 Å². The maximum atomic E-state index is 12.5. The smallest absolute Gasteiger partial charge is 0.341 e. The number of fused-ring (bicyclic) bond motifs is 1. The van der Waals surface area contributed by atoms with E-state index in [9.17, 15) is 9.59 Å². The second kappa shape index (κ2) is 7.24. The summed E-state index contributed by atoms with van der Waals surface area (Å²) in [5.41, 5.74) is 1.89. The number of para-hydroxylation sites is 1. The van der Waals surface area contributed by atoms with Gasteiger partial charge >= 0.3 is 5.97 Å². The van der Waals surface area contributed by atoms with Crippen molar-refractivity contribution in [3.8, 4) is 0 Å². The molecule has 0 saturated heterocycles. The average Bonchev–Trinajstić information content (AvgIpc) is 2.92. The van der Waals surface area contributed by atoms with E-state index in [0.29, 0.717) is 0 Å². The number of carbonyl (C=O) groups excluding carboxylic acids is 2. The molecule has 4 nitrogen and oxygen atoms in total. The molecular weight excluding hydrogens is 385 g/mol. The van der Waals surface area contributed by atoms with Gasteiger partial charge in [-0.3, -0.25) is 4.79 Å². The third-order valence-corrected chi connectivity index (χ3v) is 5.17. The molecule has 0 bridgehead atoms. The molecule has 25 heavy (non-hydrogen) atoms. The van der Waals surface area contributed by atoms with Gasteiger partial charge in [0.2, 0.25) is 0 Å². The first-order valence-corrected chi connectivity index (χ1v) is 8.74. The molecule has 1 unspecified atom stereocenters. The third kappa shape index (κ3) is 3.47. The number of hydrogen-bond donors (Lipinski definition) is 0. The number of amides is 1. The molecule has 1 atom stereocenters. The Kier molecular flexibility index (Phi) is 5.23. The van der Waals surface area contributed by atoms with Crippen LogP contribution in [-0.2, 0) is 16.0 Å². The van der Waals surface area contributed by atoms with Gasteiger partial charge < -0.3 is 9.64 Å². The summed E-state index contributed by atoms with van der Waals surface area (Å²) in [5, 5.41) is 0.310. The Morgan fingerprint density at radius 3 is 2.56 bits per heavy atom. The number of benzene rings is 2. The van der Waals surface area contributed by atoms with Crippen LogP contribution in [0.4, 0.5) is 5.69 Å². The molecule has 0 saturated carbocycles. The SMILES string of the molecule is CC1Cc2ccccc2N1C(=O)COC(=O)c1c(Cl)ccc(Cl)c1Cl. The van der Waals surface area contributed by atoms with Crippen molar-refractivity contribution in [3.63, 3.8) is 0 Å². The van der Waals surface area contributed by atoms with E-state index >= 15 is 0 Å². The molecule has 1 aliphatic heterocycles.